The molecule has 1 heterocycles. The highest BCUT2D eigenvalue weighted by Gasteiger charge is 2.51. The standard InChI is InChI=1S/C12H21NO2/c1-11(2,3)15-10(14)9-5-8-13-12(9)6-4-7-12/h9,13H,4-8H2,1-3H3. The van der Waals surface area contributed by atoms with Gasteiger partial charge in [0.05, 0.1) is 5.92 Å². The monoisotopic (exact) mass is 211 g/mol. The number of carbonyl (C=O) groups excluding carboxylic acids is 1. The van der Waals surface area contributed by atoms with Gasteiger partial charge in [0, 0.05) is 5.54 Å². The van der Waals surface area contributed by atoms with E-state index in [4.69, 9.17) is 4.74 Å². The van der Waals surface area contributed by atoms with E-state index in [9.17, 15) is 4.79 Å². The molecule has 0 aromatic heterocycles. The van der Waals surface area contributed by atoms with Crippen LogP contribution in [0.1, 0.15) is 46.5 Å². The molecule has 2 rings (SSSR count). The Kier molecular flexibility index (Phi) is 2.53. The van der Waals surface area contributed by atoms with Crippen molar-refractivity contribution in [2.75, 3.05) is 6.54 Å². The van der Waals surface area contributed by atoms with Crippen LogP contribution in [-0.4, -0.2) is 23.7 Å². The Morgan fingerprint density at radius 1 is 1.40 bits per heavy atom. The molecular formula is C12H21NO2. The van der Waals surface area contributed by atoms with Crippen molar-refractivity contribution in [3.63, 3.8) is 0 Å². The summed E-state index contributed by atoms with van der Waals surface area (Å²) in [6.45, 7) is 6.76. The molecule has 0 amide bonds. The summed E-state index contributed by atoms with van der Waals surface area (Å²) in [4.78, 5) is 12.0. The Labute approximate surface area is 91.6 Å². The molecule has 86 valence electrons. The lowest BCUT2D eigenvalue weighted by Gasteiger charge is -2.43. The second-order valence-electron chi connectivity index (χ2n) is 5.81. The van der Waals surface area contributed by atoms with Crippen LogP contribution in [0.15, 0.2) is 0 Å². The van der Waals surface area contributed by atoms with Gasteiger partial charge in [-0.15, -0.1) is 0 Å². The zero-order valence-electron chi connectivity index (χ0n) is 9.93. The third-order valence-electron chi connectivity index (χ3n) is 3.51. The lowest BCUT2D eigenvalue weighted by Crippen LogP contribution is -2.53. The van der Waals surface area contributed by atoms with Crippen LogP contribution < -0.4 is 5.32 Å². The van der Waals surface area contributed by atoms with Gasteiger partial charge in [0.1, 0.15) is 5.60 Å². The SMILES string of the molecule is CC(C)(C)OC(=O)C1CCNC12CCC2. The van der Waals surface area contributed by atoms with Crippen LogP contribution in [0.5, 0.6) is 0 Å². The lowest BCUT2D eigenvalue weighted by molar-refractivity contribution is -0.163. The molecule has 0 bridgehead atoms. The summed E-state index contributed by atoms with van der Waals surface area (Å²) < 4.78 is 5.47. The molecule has 1 spiro atoms. The Bertz CT molecular complexity index is 263. The molecule has 1 saturated heterocycles. The summed E-state index contributed by atoms with van der Waals surface area (Å²) in [7, 11) is 0. The Morgan fingerprint density at radius 3 is 2.53 bits per heavy atom. The first-order valence-corrected chi connectivity index (χ1v) is 5.91. The Balaban J connectivity index is 2.01. The van der Waals surface area contributed by atoms with Crippen LogP contribution in [-0.2, 0) is 9.53 Å². The minimum atomic E-state index is -0.357. The average molecular weight is 211 g/mol. The predicted molar refractivity (Wildman–Crippen MR) is 58.5 cm³/mol. The van der Waals surface area contributed by atoms with Gasteiger partial charge >= 0.3 is 5.97 Å². The largest absolute Gasteiger partial charge is 0.460 e. The summed E-state index contributed by atoms with van der Waals surface area (Å²) in [5, 5.41) is 3.49. The minimum Gasteiger partial charge on any atom is -0.460 e. The number of hydrogen-bond donors (Lipinski definition) is 1. The average Bonchev–Trinajstić information content (AvgIpc) is 2.42. The molecule has 1 aliphatic heterocycles. The first-order chi connectivity index (χ1) is 6.93. The number of esters is 1. The van der Waals surface area contributed by atoms with Crippen molar-refractivity contribution in [1.29, 1.82) is 0 Å². The number of carbonyl (C=O) groups is 1. The second-order valence-corrected chi connectivity index (χ2v) is 5.81. The number of rotatable bonds is 1. The zero-order chi connectivity index (χ0) is 11.1. The summed E-state index contributed by atoms with van der Waals surface area (Å²) >= 11 is 0. The molecule has 1 saturated carbocycles. The topological polar surface area (TPSA) is 38.3 Å². The molecule has 1 aliphatic carbocycles. The van der Waals surface area contributed by atoms with Gasteiger partial charge in [0.25, 0.3) is 0 Å². The van der Waals surface area contributed by atoms with Crippen LogP contribution in [0.2, 0.25) is 0 Å². The van der Waals surface area contributed by atoms with E-state index in [1.54, 1.807) is 0 Å². The fourth-order valence-corrected chi connectivity index (χ4v) is 2.66. The van der Waals surface area contributed by atoms with E-state index in [0.29, 0.717) is 0 Å². The van der Waals surface area contributed by atoms with Crippen molar-refractivity contribution in [3.8, 4) is 0 Å². The lowest BCUT2D eigenvalue weighted by atomic mass is 9.69. The third kappa shape index (κ3) is 2.03. The molecule has 1 N–H and O–H groups in total. The maximum atomic E-state index is 12.0. The van der Waals surface area contributed by atoms with Crippen molar-refractivity contribution in [2.45, 2.75) is 57.6 Å². The van der Waals surface area contributed by atoms with E-state index in [0.717, 1.165) is 25.8 Å². The van der Waals surface area contributed by atoms with Crippen molar-refractivity contribution in [2.24, 2.45) is 5.92 Å². The maximum Gasteiger partial charge on any atom is 0.311 e. The van der Waals surface area contributed by atoms with Crippen LogP contribution in [0.3, 0.4) is 0 Å². The van der Waals surface area contributed by atoms with Crippen LogP contribution in [0, 0.1) is 5.92 Å². The first kappa shape index (κ1) is 10.9. The van der Waals surface area contributed by atoms with Gasteiger partial charge in [-0.05, 0) is 53.0 Å². The Hall–Kier alpha value is -0.570. The van der Waals surface area contributed by atoms with E-state index in [1.165, 1.54) is 6.42 Å². The summed E-state index contributed by atoms with van der Waals surface area (Å²) in [6.07, 6.45) is 4.45. The van der Waals surface area contributed by atoms with Gasteiger partial charge < -0.3 is 10.1 Å². The molecule has 0 radical (unpaired) electrons. The minimum absolute atomic E-state index is 0.00722. The molecule has 0 aromatic rings. The van der Waals surface area contributed by atoms with Crippen molar-refractivity contribution >= 4 is 5.97 Å². The van der Waals surface area contributed by atoms with Gasteiger partial charge in [-0.2, -0.15) is 0 Å². The third-order valence-corrected chi connectivity index (χ3v) is 3.51. The van der Waals surface area contributed by atoms with E-state index < -0.39 is 0 Å². The molecule has 3 nitrogen and oxygen atoms in total. The molecule has 1 atom stereocenters. The number of ether oxygens (including phenoxy) is 1. The second kappa shape index (κ2) is 3.48. The van der Waals surface area contributed by atoms with E-state index >= 15 is 0 Å². The van der Waals surface area contributed by atoms with E-state index in [2.05, 4.69) is 5.32 Å². The quantitative estimate of drug-likeness (QED) is 0.673. The molecule has 3 heteroatoms. The molecule has 15 heavy (non-hydrogen) atoms. The zero-order valence-corrected chi connectivity index (χ0v) is 9.93. The maximum absolute atomic E-state index is 12.0. The molecule has 2 fully saturated rings. The molecule has 2 aliphatic rings. The Morgan fingerprint density at radius 2 is 2.07 bits per heavy atom. The van der Waals surface area contributed by atoms with Gasteiger partial charge in [0.15, 0.2) is 0 Å². The van der Waals surface area contributed by atoms with Crippen LogP contribution >= 0.6 is 0 Å². The summed E-state index contributed by atoms with van der Waals surface area (Å²) in [5.74, 6) is 0.0812. The fraction of sp³-hybridized carbons (Fsp3) is 0.917. The number of nitrogens with one attached hydrogen (secondary N) is 1. The molecule has 1 unspecified atom stereocenters. The molecular weight excluding hydrogens is 190 g/mol. The number of hydrogen-bond acceptors (Lipinski definition) is 3. The fourth-order valence-electron chi connectivity index (χ4n) is 2.66. The van der Waals surface area contributed by atoms with Crippen molar-refractivity contribution in [3.05, 3.63) is 0 Å². The van der Waals surface area contributed by atoms with Gasteiger partial charge in [-0.3, -0.25) is 4.79 Å². The highest BCUT2D eigenvalue weighted by atomic mass is 16.6. The van der Waals surface area contributed by atoms with Crippen molar-refractivity contribution < 1.29 is 9.53 Å². The van der Waals surface area contributed by atoms with Gasteiger partial charge in [0.2, 0.25) is 0 Å². The predicted octanol–water partition coefficient (Wildman–Crippen LogP) is 1.86. The van der Waals surface area contributed by atoms with Gasteiger partial charge in [-0.25, -0.2) is 0 Å². The highest BCUT2D eigenvalue weighted by Crippen LogP contribution is 2.44. The van der Waals surface area contributed by atoms with Crippen molar-refractivity contribution in [1.82, 2.24) is 5.32 Å². The highest BCUT2D eigenvalue weighted by molar-refractivity contribution is 5.75. The first-order valence-electron chi connectivity index (χ1n) is 5.91. The summed E-state index contributed by atoms with van der Waals surface area (Å²) in [5.41, 5.74) is -0.257. The summed E-state index contributed by atoms with van der Waals surface area (Å²) in [6, 6.07) is 0. The van der Waals surface area contributed by atoms with E-state index in [1.807, 2.05) is 20.8 Å². The molecule has 0 aromatic carbocycles. The normalized spacial score (nSPS) is 28.9. The van der Waals surface area contributed by atoms with Crippen LogP contribution in [0.4, 0.5) is 0 Å². The smallest absolute Gasteiger partial charge is 0.311 e. The van der Waals surface area contributed by atoms with E-state index in [-0.39, 0.29) is 23.0 Å². The van der Waals surface area contributed by atoms with Gasteiger partial charge in [-0.1, -0.05) is 0 Å². The van der Waals surface area contributed by atoms with Crippen LogP contribution in [0.25, 0.3) is 0 Å².